The number of anilines is 2. The van der Waals surface area contributed by atoms with Crippen LogP contribution in [-0.4, -0.2) is 93.5 Å². The van der Waals surface area contributed by atoms with Crippen molar-refractivity contribution in [3.8, 4) is 17.0 Å². The maximum atomic E-state index is 13.3. The van der Waals surface area contributed by atoms with Crippen LogP contribution in [0.2, 0.25) is 0 Å². The van der Waals surface area contributed by atoms with Crippen LogP contribution in [0.4, 0.5) is 21.1 Å². The number of hydrogen-bond donors (Lipinski definition) is 2. The number of para-hydroxylation sites is 1. The highest BCUT2D eigenvalue weighted by atomic mass is 16.6. The first kappa shape index (κ1) is 23.7. The highest BCUT2D eigenvalue weighted by molar-refractivity contribution is 5.80. The van der Waals surface area contributed by atoms with Crippen LogP contribution >= 0.6 is 0 Å². The van der Waals surface area contributed by atoms with E-state index in [0.717, 1.165) is 11.4 Å². The molecule has 2 fully saturated rings. The first-order valence-electron chi connectivity index (χ1n) is 12.1. The third-order valence-corrected chi connectivity index (χ3v) is 6.39. The van der Waals surface area contributed by atoms with Gasteiger partial charge < -0.3 is 34.8 Å². The van der Waals surface area contributed by atoms with Gasteiger partial charge in [-0.05, 0) is 39.0 Å². The lowest BCUT2D eigenvalue weighted by molar-refractivity contribution is 0.0158. The molecule has 0 radical (unpaired) electrons. The van der Waals surface area contributed by atoms with Crippen LogP contribution in [-0.2, 0) is 4.74 Å². The van der Waals surface area contributed by atoms with Crippen molar-refractivity contribution in [3.63, 3.8) is 0 Å². The number of fused-ring (bicyclic) bond motifs is 3. The summed E-state index contributed by atoms with van der Waals surface area (Å²) in [6.07, 6.45) is 1.52. The van der Waals surface area contributed by atoms with E-state index in [1.807, 2.05) is 44.0 Å². The van der Waals surface area contributed by atoms with Gasteiger partial charge in [-0.15, -0.1) is 10.2 Å². The summed E-state index contributed by atoms with van der Waals surface area (Å²) in [5, 5.41) is 22.0. The van der Waals surface area contributed by atoms with Crippen molar-refractivity contribution in [1.82, 2.24) is 24.9 Å². The van der Waals surface area contributed by atoms with Crippen LogP contribution < -0.4 is 10.2 Å². The highest BCUT2D eigenvalue weighted by Gasteiger charge is 2.34. The Kier molecular flexibility index (Phi) is 6.07. The van der Waals surface area contributed by atoms with Crippen molar-refractivity contribution in [2.24, 2.45) is 0 Å². The number of rotatable bonds is 1. The van der Waals surface area contributed by atoms with Crippen LogP contribution in [0.15, 0.2) is 42.2 Å². The van der Waals surface area contributed by atoms with Crippen molar-refractivity contribution in [3.05, 3.63) is 42.2 Å². The molecule has 2 N–H and O–H groups in total. The molecule has 11 heteroatoms. The number of ether oxygens (including phenoxy) is 1. The molecule has 0 atom stereocenters. The van der Waals surface area contributed by atoms with Gasteiger partial charge in [0.25, 0.3) is 0 Å². The zero-order valence-electron chi connectivity index (χ0n) is 20.8. The van der Waals surface area contributed by atoms with Gasteiger partial charge in [0, 0.05) is 51.0 Å². The summed E-state index contributed by atoms with van der Waals surface area (Å²) in [5.41, 5.74) is 2.46. The Balaban J connectivity index is 1.23. The predicted octanol–water partition coefficient (Wildman–Crippen LogP) is 2.91. The number of hydrogen-bond acceptors (Lipinski definition) is 8. The lowest BCUT2D eigenvalue weighted by Gasteiger charge is -2.43. The number of amides is 3. The van der Waals surface area contributed by atoms with E-state index in [1.54, 1.807) is 28.0 Å². The number of aromatic hydroxyl groups is 1. The van der Waals surface area contributed by atoms with Gasteiger partial charge in [0.1, 0.15) is 11.4 Å². The zero-order valence-corrected chi connectivity index (χ0v) is 20.8. The molecule has 3 amide bonds. The Morgan fingerprint density at radius 1 is 0.972 bits per heavy atom. The van der Waals surface area contributed by atoms with Crippen molar-refractivity contribution < 1.29 is 19.4 Å². The molecule has 3 aliphatic rings. The topological polar surface area (TPSA) is 114 Å². The van der Waals surface area contributed by atoms with Crippen LogP contribution in [0.25, 0.3) is 11.3 Å². The largest absolute Gasteiger partial charge is 0.507 e. The summed E-state index contributed by atoms with van der Waals surface area (Å²) >= 11 is 0. The van der Waals surface area contributed by atoms with Crippen molar-refractivity contribution in [2.75, 3.05) is 56.0 Å². The summed E-state index contributed by atoms with van der Waals surface area (Å²) < 4.78 is 5.45. The smallest absolute Gasteiger partial charge is 0.410 e. The molecule has 4 heterocycles. The standard InChI is InChI=1S/C25H31N7O4/c1-25(2,3)36-24(35)30-10-8-29(9-11-30)23(34)31-12-13-32-17(16-31)15-26-22-20(32)14-19(27-28-22)18-6-4-5-7-21(18)33/h4-7,14-15,33H,8-13,16H2,1-3H3,(H,26,28). The number of piperazine rings is 2. The summed E-state index contributed by atoms with van der Waals surface area (Å²) in [5.74, 6) is 0.782. The first-order chi connectivity index (χ1) is 17.2. The van der Waals surface area contributed by atoms with Crippen molar-refractivity contribution in [1.29, 1.82) is 0 Å². The summed E-state index contributed by atoms with van der Waals surface area (Å²) in [6, 6.07) is 8.91. The number of urea groups is 1. The van der Waals surface area contributed by atoms with E-state index in [4.69, 9.17) is 4.74 Å². The second-order valence-electron chi connectivity index (χ2n) is 10.1. The predicted molar refractivity (Wildman–Crippen MR) is 135 cm³/mol. The Morgan fingerprint density at radius 3 is 2.39 bits per heavy atom. The second-order valence-corrected chi connectivity index (χ2v) is 10.1. The highest BCUT2D eigenvalue weighted by Crippen LogP contribution is 2.36. The summed E-state index contributed by atoms with van der Waals surface area (Å²) in [6.45, 7) is 8.98. The molecule has 11 nitrogen and oxygen atoms in total. The number of phenolic OH excluding ortho intramolecular Hbond substituents is 1. The molecule has 3 aliphatic heterocycles. The molecule has 2 saturated heterocycles. The molecule has 1 aromatic heterocycles. The van der Waals surface area contributed by atoms with Gasteiger partial charge in [-0.1, -0.05) is 12.1 Å². The maximum absolute atomic E-state index is 13.3. The number of phenols is 1. The van der Waals surface area contributed by atoms with Gasteiger partial charge >= 0.3 is 12.1 Å². The fraction of sp³-hybridized carbons (Fsp3) is 0.440. The molecule has 36 heavy (non-hydrogen) atoms. The molecule has 1 aromatic carbocycles. The number of nitrogens with one attached hydrogen (secondary N) is 1. The van der Waals surface area contributed by atoms with Gasteiger partial charge in [0.2, 0.25) is 0 Å². The Morgan fingerprint density at radius 2 is 1.67 bits per heavy atom. The van der Waals surface area contributed by atoms with Crippen molar-refractivity contribution >= 4 is 23.6 Å². The minimum atomic E-state index is -0.544. The van der Waals surface area contributed by atoms with E-state index in [9.17, 15) is 14.7 Å². The molecular formula is C25H31N7O4. The van der Waals surface area contributed by atoms with Gasteiger partial charge in [-0.3, -0.25) is 0 Å². The molecule has 5 rings (SSSR count). The zero-order chi connectivity index (χ0) is 25.4. The molecule has 0 bridgehead atoms. The van der Waals surface area contributed by atoms with Crippen molar-refractivity contribution in [2.45, 2.75) is 26.4 Å². The van der Waals surface area contributed by atoms with E-state index in [1.165, 1.54) is 0 Å². The number of carbonyl (C=O) groups is 2. The number of carbonyl (C=O) groups excluding carboxylic acids is 2. The molecule has 0 saturated carbocycles. The lowest BCUT2D eigenvalue weighted by atomic mass is 10.1. The summed E-state index contributed by atoms with van der Waals surface area (Å²) in [4.78, 5) is 33.0. The third-order valence-electron chi connectivity index (χ3n) is 6.39. The average Bonchev–Trinajstić information content (AvgIpc) is 2.87. The Bertz CT molecular complexity index is 1200. The van der Waals surface area contributed by atoms with E-state index in [0.29, 0.717) is 62.9 Å². The van der Waals surface area contributed by atoms with Crippen LogP contribution in [0.1, 0.15) is 20.8 Å². The minimum absolute atomic E-state index is 0.0343. The minimum Gasteiger partial charge on any atom is -0.507 e. The van der Waals surface area contributed by atoms with Crippen LogP contribution in [0.5, 0.6) is 5.75 Å². The molecule has 190 valence electrons. The molecule has 0 aliphatic carbocycles. The normalized spacial score (nSPS) is 17.6. The molecular weight excluding hydrogens is 462 g/mol. The van der Waals surface area contributed by atoms with Gasteiger partial charge in [-0.2, -0.15) is 0 Å². The maximum Gasteiger partial charge on any atom is 0.410 e. The molecule has 0 unspecified atom stereocenters. The number of nitrogens with zero attached hydrogens (tertiary/aromatic N) is 6. The van der Waals surface area contributed by atoms with Gasteiger partial charge in [0.15, 0.2) is 5.82 Å². The lowest BCUT2D eigenvalue weighted by Crippen LogP contribution is -2.57. The van der Waals surface area contributed by atoms with Crippen LogP contribution in [0, 0.1) is 0 Å². The average molecular weight is 494 g/mol. The van der Waals surface area contributed by atoms with E-state index in [-0.39, 0.29) is 17.9 Å². The van der Waals surface area contributed by atoms with E-state index < -0.39 is 5.60 Å². The summed E-state index contributed by atoms with van der Waals surface area (Å²) in [7, 11) is 0. The SMILES string of the molecule is CC(C)(C)OC(=O)N1CCN(C(=O)N2CCN3C(=CNc4nnc(-c5ccccc5O)cc43)C2)CC1. The monoisotopic (exact) mass is 493 g/mol. The van der Waals surface area contributed by atoms with Gasteiger partial charge in [-0.25, -0.2) is 9.59 Å². The third kappa shape index (κ3) is 4.73. The Labute approximate surface area is 209 Å². The Hall–Kier alpha value is -4.02. The fourth-order valence-corrected chi connectivity index (χ4v) is 4.56. The first-order valence-corrected chi connectivity index (χ1v) is 12.1. The van der Waals surface area contributed by atoms with E-state index >= 15 is 0 Å². The number of aromatic nitrogens is 2. The quantitative estimate of drug-likeness (QED) is 0.623. The molecule has 2 aromatic rings. The van der Waals surface area contributed by atoms with E-state index in [2.05, 4.69) is 20.4 Å². The second kappa shape index (κ2) is 9.21. The fourth-order valence-electron chi connectivity index (χ4n) is 4.56. The number of benzene rings is 1. The molecule has 0 spiro atoms. The van der Waals surface area contributed by atoms with Crippen LogP contribution in [0.3, 0.4) is 0 Å². The van der Waals surface area contributed by atoms with Gasteiger partial charge in [0.05, 0.1) is 23.6 Å².